The average Bonchev–Trinajstić information content (AvgIpc) is 2.88. The molecule has 1 aliphatic rings. The van der Waals surface area contributed by atoms with Crippen molar-refractivity contribution < 1.29 is 54.4 Å². The Bertz CT molecular complexity index is 1410. The molecule has 0 bridgehead atoms. The molecule has 6 atom stereocenters. The van der Waals surface area contributed by atoms with Gasteiger partial charge in [-0.2, -0.15) is 0 Å². The molecular weight excluding hydrogens is 504 g/mol. The fourth-order valence-corrected chi connectivity index (χ4v) is 4.29. The van der Waals surface area contributed by atoms with E-state index in [4.69, 9.17) is 13.9 Å². The Hall–Kier alpha value is -3.84. The van der Waals surface area contributed by atoms with Crippen LogP contribution in [0.4, 0.5) is 0 Å². The predicted octanol–water partition coefficient (Wildman–Crippen LogP) is 1.39. The monoisotopic (exact) mass is 532 g/mol. The molecule has 12 heteroatoms. The molecule has 7 N–H and O–H groups in total. The number of phenolic OH excluding ortho intramolecular Hbond substituents is 4. The number of aliphatic hydroxyl groups excluding tert-OH is 3. The van der Waals surface area contributed by atoms with Crippen molar-refractivity contribution >= 4 is 16.9 Å². The third-order valence-electron chi connectivity index (χ3n) is 6.68. The predicted molar refractivity (Wildman–Crippen MR) is 131 cm³/mol. The first kappa shape index (κ1) is 27.2. The molecule has 0 aliphatic carbocycles. The summed E-state index contributed by atoms with van der Waals surface area (Å²) in [5.74, 6) is -3.67. The number of carbonyl (C=O) groups is 1. The SMILES string of the molecule is CC[C@@H](C)C(=O)O[C@H]1[C@@H](O)[C@@H](O)[C@@H](CO)O[C@H]1c1c(O)cc(O)c2c(=O)cc(-c3ccc(O)c(O)c3)oc12. The Morgan fingerprint density at radius 2 is 1.71 bits per heavy atom. The van der Waals surface area contributed by atoms with Crippen molar-refractivity contribution in [3.63, 3.8) is 0 Å². The highest BCUT2D eigenvalue weighted by atomic mass is 16.6. The summed E-state index contributed by atoms with van der Waals surface area (Å²) >= 11 is 0. The topological polar surface area (TPSA) is 207 Å². The van der Waals surface area contributed by atoms with Crippen LogP contribution in [0.25, 0.3) is 22.3 Å². The van der Waals surface area contributed by atoms with Crippen LogP contribution in [0.15, 0.2) is 39.5 Å². The highest BCUT2D eigenvalue weighted by Crippen LogP contribution is 2.45. The first-order valence-electron chi connectivity index (χ1n) is 11.9. The van der Waals surface area contributed by atoms with Crippen molar-refractivity contribution in [1.82, 2.24) is 0 Å². The van der Waals surface area contributed by atoms with E-state index in [1.165, 1.54) is 6.07 Å². The molecule has 1 aromatic heterocycles. The van der Waals surface area contributed by atoms with Gasteiger partial charge in [-0.15, -0.1) is 0 Å². The third kappa shape index (κ3) is 4.74. The second kappa shape index (κ2) is 10.5. The van der Waals surface area contributed by atoms with Crippen molar-refractivity contribution in [3.8, 4) is 34.3 Å². The van der Waals surface area contributed by atoms with Gasteiger partial charge in [-0.25, -0.2) is 0 Å². The smallest absolute Gasteiger partial charge is 0.309 e. The van der Waals surface area contributed by atoms with E-state index < -0.39 is 83.0 Å². The van der Waals surface area contributed by atoms with Gasteiger partial charge in [-0.1, -0.05) is 13.8 Å². The molecule has 0 unspecified atom stereocenters. The highest BCUT2D eigenvalue weighted by molar-refractivity contribution is 5.89. The van der Waals surface area contributed by atoms with Crippen LogP contribution in [0.3, 0.4) is 0 Å². The first-order chi connectivity index (χ1) is 18.0. The Morgan fingerprint density at radius 3 is 2.34 bits per heavy atom. The molecule has 0 radical (unpaired) electrons. The maximum Gasteiger partial charge on any atom is 0.309 e. The second-order valence-corrected chi connectivity index (χ2v) is 9.18. The van der Waals surface area contributed by atoms with Crippen molar-refractivity contribution in [1.29, 1.82) is 0 Å². The van der Waals surface area contributed by atoms with E-state index in [1.54, 1.807) is 13.8 Å². The van der Waals surface area contributed by atoms with Crippen LogP contribution in [0.1, 0.15) is 31.9 Å². The van der Waals surface area contributed by atoms with Gasteiger partial charge in [0.1, 0.15) is 47.1 Å². The van der Waals surface area contributed by atoms with Crippen LogP contribution in [0.2, 0.25) is 0 Å². The van der Waals surface area contributed by atoms with Gasteiger partial charge in [-0.3, -0.25) is 9.59 Å². The number of esters is 1. The summed E-state index contributed by atoms with van der Waals surface area (Å²) in [6.45, 7) is 2.58. The molecular formula is C26H28O12. The summed E-state index contributed by atoms with van der Waals surface area (Å²) in [4.78, 5) is 25.7. The lowest BCUT2D eigenvalue weighted by Gasteiger charge is -2.42. The third-order valence-corrected chi connectivity index (χ3v) is 6.68. The maximum atomic E-state index is 13.0. The zero-order valence-electron chi connectivity index (χ0n) is 20.4. The maximum absolute atomic E-state index is 13.0. The fourth-order valence-electron chi connectivity index (χ4n) is 4.29. The lowest BCUT2D eigenvalue weighted by Crippen LogP contribution is -2.56. The fraction of sp³-hybridized carbons (Fsp3) is 0.385. The number of carbonyl (C=O) groups excluding carboxylic acids is 1. The zero-order valence-corrected chi connectivity index (χ0v) is 20.4. The summed E-state index contributed by atoms with van der Waals surface area (Å²) in [5.41, 5.74) is -1.30. The summed E-state index contributed by atoms with van der Waals surface area (Å²) in [5, 5.41) is 71.5. The lowest BCUT2D eigenvalue weighted by atomic mass is 9.89. The van der Waals surface area contributed by atoms with E-state index >= 15 is 0 Å². The lowest BCUT2D eigenvalue weighted by molar-refractivity contribution is -0.242. The molecule has 0 saturated carbocycles. The highest BCUT2D eigenvalue weighted by Gasteiger charge is 2.49. The summed E-state index contributed by atoms with van der Waals surface area (Å²) < 4.78 is 17.1. The number of benzene rings is 2. The molecule has 38 heavy (non-hydrogen) atoms. The molecule has 1 aliphatic heterocycles. The van der Waals surface area contributed by atoms with Crippen LogP contribution in [-0.2, 0) is 14.3 Å². The summed E-state index contributed by atoms with van der Waals surface area (Å²) in [6, 6.07) is 5.50. The van der Waals surface area contributed by atoms with Crippen LogP contribution in [-0.4, -0.2) is 72.7 Å². The molecule has 4 rings (SSSR count). The van der Waals surface area contributed by atoms with E-state index in [2.05, 4.69) is 0 Å². The standard InChI is InChI=1S/C26H28O12/c1-3-10(2)26(35)38-25-22(34)21(33)18(9-27)37-24(25)20-15(31)7-14(30)19-16(32)8-17(36-23(19)20)11-4-5-12(28)13(29)6-11/h4-8,10,18,21-22,24-25,27-31,33-34H,3,9H2,1-2H3/t10-,18-,21+,22+,24+,25+/m1/s1. The Balaban J connectivity index is 1.96. The minimum Gasteiger partial charge on any atom is -0.507 e. The van der Waals surface area contributed by atoms with Gasteiger partial charge in [-0.05, 0) is 24.6 Å². The molecule has 1 saturated heterocycles. The van der Waals surface area contributed by atoms with E-state index in [1.807, 2.05) is 0 Å². The first-order valence-corrected chi connectivity index (χ1v) is 11.9. The Labute approximate surface area is 215 Å². The normalized spacial score (nSPS) is 24.3. The van der Waals surface area contributed by atoms with Gasteiger partial charge in [0.05, 0.1) is 18.1 Å². The minimum atomic E-state index is -1.77. The van der Waals surface area contributed by atoms with Gasteiger partial charge in [0.2, 0.25) is 0 Å². The van der Waals surface area contributed by atoms with E-state index in [9.17, 15) is 45.3 Å². The molecule has 2 heterocycles. The van der Waals surface area contributed by atoms with Crippen molar-refractivity contribution in [2.75, 3.05) is 6.61 Å². The van der Waals surface area contributed by atoms with E-state index in [0.717, 1.165) is 24.3 Å². The Kier molecular flexibility index (Phi) is 7.51. The second-order valence-electron chi connectivity index (χ2n) is 9.18. The molecule has 1 fully saturated rings. The number of hydrogen-bond acceptors (Lipinski definition) is 12. The molecule has 204 valence electrons. The number of hydrogen-bond donors (Lipinski definition) is 7. The molecule has 2 aromatic carbocycles. The molecule has 0 spiro atoms. The van der Waals surface area contributed by atoms with Gasteiger partial charge < -0.3 is 49.6 Å². The van der Waals surface area contributed by atoms with Crippen LogP contribution < -0.4 is 5.43 Å². The van der Waals surface area contributed by atoms with Crippen molar-refractivity contribution in [2.24, 2.45) is 5.92 Å². The van der Waals surface area contributed by atoms with E-state index in [-0.39, 0.29) is 22.3 Å². The van der Waals surface area contributed by atoms with Gasteiger partial charge in [0.25, 0.3) is 0 Å². The molecule has 12 nitrogen and oxygen atoms in total. The van der Waals surface area contributed by atoms with Gasteiger partial charge in [0, 0.05) is 17.7 Å². The minimum absolute atomic E-state index is 0.132. The number of aromatic hydroxyl groups is 4. The number of aliphatic hydroxyl groups is 3. The summed E-state index contributed by atoms with van der Waals surface area (Å²) in [7, 11) is 0. The molecule has 0 amide bonds. The largest absolute Gasteiger partial charge is 0.507 e. The van der Waals surface area contributed by atoms with Crippen molar-refractivity contribution in [2.45, 2.75) is 50.8 Å². The zero-order chi connectivity index (χ0) is 27.9. The van der Waals surface area contributed by atoms with Crippen LogP contribution in [0, 0.1) is 5.92 Å². The van der Waals surface area contributed by atoms with Crippen LogP contribution in [0.5, 0.6) is 23.0 Å². The van der Waals surface area contributed by atoms with Gasteiger partial charge in [0.15, 0.2) is 28.6 Å². The molecule has 3 aromatic rings. The number of rotatable bonds is 6. The summed E-state index contributed by atoms with van der Waals surface area (Å²) in [6.07, 6.45) is -7.58. The quantitative estimate of drug-likeness (QED) is 0.178. The van der Waals surface area contributed by atoms with Crippen LogP contribution >= 0.6 is 0 Å². The number of ether oxygens (including phenoxy) is 2. The van der Waals surface area contributed by atoms with Gasteiger partial charge >= 0.3 is 5.97 Å². The average molecular weight is 532 g/mol. The Morgan fingerprint density at radius 1 is 1.00 bits per heavy atom. The number of phenols is 4. The number of fused-ring (bicyclic) bond motifs is 1. The van der Waals surface area contributed by atoms with Crippen molar-refractivity contribution in [3.05, 3.63) is 46.1 Å². The van der Waals surface area contributed by atoms with E-state index in [0.29, 0.717) is 6.42 Å².